The Labute approximate surface area is 173 Å². The minimum Gasteiger partial charge on any atom is -0.497 e. The molecule has 0 unspecified atom stereocenters. The summed E-state index contributed by atoms with van der Waals surface area (Å²) in [7, 11) is 3.63. The second kappa shape index (κ2) is 10.7. The summed E-state index contributed by atoms with van der Waals surface area (Å²) in [6.45, 7) is 4.65. The minimum atomic E-state index is 0. The second-order valence-electron chi connectivity index (χ2n) is 6.82. The van der Waals surface area contributed by atoms with Crippen molar-refractivity contribution in [1.82, 2.24) is 15.2 Å². The van der Waals surface area contributed by atoms with Gasteiger partial charge in [0.25, 0.3) is 5.91 Å². The number of likely N-dealkylation sites (tertiary alicyclic amines) is 1. The van der Waals surface area contributed by atoms with Gasteiger partial charge in [0, 0.05) is 24.2 Å². The Balaban J connectivity index is 0.00000182. The Morgan fingerprint density at radius 3 is 2.59 bits per heavy atom. The highest BCUT2D eigenvalue weighted by atomic mass is 35.5. The maximum atomic E-state index is 13.1. The van der Waals surface area contributed by atoms with Gasteiger partial charge in [-0.3, -0.25) is 9.78 Å². The van der Waals surface area contributed by atoms with Crippen molar-refractivity contribution in [2.45, 2.75) is 26.2 Å². The molecule has 7 heteroatoms. The van der Waals surface area contributed by atoms with Crippen LogP contribution in [0.5, 0.6) is 5.75 Å². The number of ether oxygens (including phenoxy) is 1. The number of nitrogens with one attached hydrogen (secondary N) is 1. The zero-order valence-corrected chi connectivity index (χ0v) is 17.8. The summed E-state index contributed by atoms with van der Waals surface area (Å²) in [6, 6.07) is 7.62. The lowest BCUT2D eigenvalue weighted by Gasteiger charge is -2.32. The second-order valence-corrected chi connectivity index (χ2v) is 6.82. The molecule has 1 aliphatic heterocycles. The van der Waals surface area contributed by atoms with Gasteiger partial charge in [0.05, 0.1) is 18.2 Å². The topological polar surface area (TPSA) is 54.5 Å². The molecule has 2 aromatic rings. The Morgan fingerprint density at radius 2 is 1.96 bits per heavy atom. The molecule has 0 atom stereocenters. The van der Waals surface area contributed by atoms with Crippen molar-refractivity contribution < 1.29 is 9.53 Å². The SMILES string of the molecule is CNCCC1CCN(C(=O)c2cc(C)nc3ccc(OC)cc23)CC1.Cl.Cl. The number of benzene rings is 1. The van der Waals surface area contributed by atoms with E-state index in [0.717, 1.165) is 60.4 Å². The van der Waals surface area contributed by atoms with E-state index in [2.05, 4.69) is 10.3 Å². The summed E-state index contributed by atoms with van der Waals surface area (Å²) in [5.41, 5.74) is 2.44. The van der Waals surface area contributed by atoms with Gasteiger partial charge in [-0.15, -0.1) is 24.8 Å². The molecule has 0 radical (unpaired) electrons. The molecular formula is C20H29Cl2N3O2. The number of methoxy groups -OCH3 is 1. The molecular weight excluding hydrogens is 385 g/mol. The third kappa shape index (κ3) is 5.47. The van der Waals surface area contributed by atoms with Gasteiger partial charge >= 0.3 is 0 Å². The predicted molar refractivity (Wildman–Crippen MR) is 115 cm³/mol. The third-order valence-corrected chi connectivity index (χ3v) is 5.08. The van der Waals surface area contributed by atoms with Gasteiger partial charge < -0.3 is 15.0 Å². The summed E-state index contributed by atoms with van der Waals surface area (Å²) >= 11 is 0. The monoisotopic (exact) mass is 413 g/mol. The number of carbonyl (C=O) groups is 1. The van der Waals surface area contributed by atoms with Crippen LogP contribution in [0.15, 0.2) is 24.3 Å². The highest BCUT2D eigenvalue weighted by molar-refractivity contribution is 6.06. The van der Waals surface area contributed by atoms with Crippen LogP contribution < -0.4 is 10.1 Å². The number of nitrogens with zero attached hydrogens (tertiary/aromatic N) is 2. The summed E-state index contributed by atoms with van der Waals surface area (Å²) < 4.78 is 5.33. The molecule has 3 rings (SSSR count). The van der Waals surface area contributed by atoms with E-state index in [4.69, 9.17) is 4.74 Å². The number of hydrogen-bond acceptors (Lipinski definition) is 4. The summed E-state index contributed by atoms with van der Waals surface area (Å²) in [6.07, 6.45) is 3.35. The van der Waals surface area contributed by atoms with Crippen LogP contribution in [0.1, 0.15) is 35.3 Å². The average molecular weight is 414 g/mol. The molecule has 0 aliphatic carbocycles. The molecule has 1 aromatic carbocycles. The number of rotatable bonds is 5. The van der Waals surface area contributed by atoms with Gasteiger partial charge in [-0.05, 0) is 70.0 Å². The van der Waals surface area contributed by atoms with Crippen molar-refractivity contribution in [3.8, 4) is 5.75 Å². The van der Waals surface area contributed by atoms with Crippen molar-refractivity contribution in [2.24, 2.45) is 5.92 Å². The zero-order valence-electron chi connectivity index (χ0n) is 16.2. The number of pyridine rings is 1. The minimum absolute atomic E-state index is 0. The van der Waals surface area contributed by atoms with Gasteiger partial charge in [0.1, 0.15) is 5.75 Å². The number of aryl methyl sites for hydroxylation is 1. The van der Waals surface area contributed by atoms with Crippen molar-refractivity contribution in [1.29, 1.82) is 0 Å². The lowest BCUT2D eigenvalue weighted by Crippen LogP contribution is -2.39. The molecule has 5 nitrogen and oxygen atoms in total. The zero-order chi connectivity index (χ0) is 17.8. The van der Waals surface area contributed by atoms with E-state index in [0.29, 0.717) is 5.92 Å². The van der Waals surface area contributed by atoms with Crippen molar-refractivity contribution >= 4 is 41.6 Å². The lowest BCUT2D eigenvalue weighted by molar-refractivity contribution is 0.0689. The number of carbonyl (C=O) groups excluding carboxylic acids is 1. The van der Waals surface area contributed by atoms with Crippen LogP contribution in [0.4, 0.5) is 0 Å². The fraction of sp³-hybridized carbons (Fsp3) is 0.500. The van der Waals surface area contributed by atoms with Gasteiger partial charge in [0.2, 0.25) is 0 Å². The van der Waals surface area contributed by atoms with E-state index < -0.39 is 0 Å². The highest BCUT2D eigenvalue weighted by Gasteiger charge is 2.25. The third-order valence-electron chi connectivity index (χ3n) is 5.08. The average Bonchev–Trinajstić information content (AvgIpc) is 2.65. The first-order chi connectivity index (χ1) is 12.1. The number of amides is 1. The lowest BCUT2D eigenvalue weighted by atomic mass is 9.93. The predicted octanol–water partition coefficient (Wildman–Crippen LogP) is 3.86. The molecule has 1 aromatic heterocycles. The maximum Gasteiger partial charge on any atom is 0.254 e. The number of hydrogen-bond donors (Lipinski definition) is 1. The van der Waals surface area contributed by atoms with Crippen LogP contribution in [0, 0.1) is 12.8 Å². The summed E-state index contributed by atoms with van der Waals surface area (Å²) in [5, 5.41) is 4.08. The van der Waals surface area contributed by atoms with Crippen LogP contribution in [0.25, 0.3) is 10.9 Å². The molecule has 1 N–H and O–H groups in total. The summed E-state index contributed by atoms with van der Waals surface area (Å²) in [4.78, 5) is 19.7. The van der Waals surface area contributed by atoms with Crippen molar-refractivity contribution in [2.75, 3.05) is 33.8 Å². The molecule has 1 amide bonds. The Hall–Kier alpha value is -1.56. The fourth-order valence-corrected chi connectivity index (χ4v) is 3.58. The highest BCUT2D eigenvalue weighted by Crippen LogP contribution is 2.27. The van der Waals surface area contributed by atoms with Crippen LogP contribution in [-0.2, 0) is 0 Å². The van der Waals surface area contributed by atoms with Crippen LogP contribution in [0.2, 0.25) is 0 Å². The summed E-state index contributed by atoms with van der Waals surface area (Å²) in [5.74, 6) is 1.57. The van der Waals surface area contributed by atoms with E-state index in [-0.39, 0.29) is 30.7 Å². The van der Waals surface area contributed by atoms with Gasteiger partial charge in [0.15, 0.2) is 0 Å². The Bertz CT molecular complexity index is 762. The Kier molecular flexibility index (Phi) is 9.30. The van der Waals surface area contributed by atoms with Gasteiger partial charge in [-0.2, -0.15) is 0 Å². The molecule has 0 saturated carbocycles. The van der Waals surface area contributed by atoms with E-state index in [9.17, 15) is 4.79 Å². The first kappa shape index (κ1) is 23.5. The molecule has 1 aliphatic rings. The molecule has 2 heterocycles. The number of halogens is 2. The quantitative estimate of drug-likeness (QED) is 0.808. The first-order valence-corrected chi connectivity index (χ1v) is 9.01. The number of piperidine rings is 1. The van der Waals surface area contributed by atoms with Gasteiger partial charge in [-0.25, -0.2) is 0 Å². The van der Waals surface area contributed by atoms with Crippen LogP contribution >= 0.6 is 24.8 Å². The number of aromatic nitrogens is 1. The largest absolute Gasteiger partial charge is 0.497 e. The van der Waals surface area contributed by atoms with Crippen LogP contribution in [0.3, 0.4) is 0 Å². The maximum absolute atomic E-state index is 13.1. The van der Waals surface area contributed by atoms with E-state index in [1.807, 2.05) is 43.1 Å². The first-order valence-electron chi connectivity index (χ1n) is 9.01. The molecule has 0 bridgehead atoms. The molecule has 150 valence electrons. The van der Waals surface area contributed by atoms with Crippen molar-refractivity contribution in [3.05, 3.63) is 35.5 Å². The van der Waals surface area contributed by atoms with Crippen LogP contribution in [-0.4, -0.2) is 49.6 Å². The van der Waals surface area contributed by atoms with Crippen molar-refractivity contribution in [3.63, 3.8) is 0 Å². The smallest absolute Gasteiger partial charge is 0.254 e. The molecule has 0 spiro atoms. The molecule has 27 heavy (non-hydrogen) atoms. The molecule has 1 fully saturated rings. The Morgan fingerprint density at radius 1 is 1.26 bits per heavy atom. The number of fused-ring (bicyclic) bond motifs is 1. The standard InChI is InChI=1S/C20H27N3O2.2ClH/c1-14-12-18(17-13-16(25-3)4-5-19(17)22-14)20(24)23-10-7-15(8-11-23)6-9-21-2;;/h4-5,12-13,15,21H,6-11H2,1-3H3;2*1H. The van der Waals surface area contributed by atoms with E-state index >= 15 is 0 Å². The van der Waals surface area contributed by atoms with E-state index in [1.54, 1.807) is 7.11 Å². The molecule has 1 saturated heterocycles. The van der Waals surface area contributed by atoms with E-state index in [1.165, 1.54) is 6.42 Å². The fourth-order valence-electron chi connectivity index (χ4n) is 3.58. The normalized spacial score (nSPS) is 14.4. The van der Waals surface area contributed by atoms with Gasteiger partial charge in [-0.1, -0.05) is 0 Å².